The monoisotopic (exact) mass is 1300 g/mol. The number of ether oxygens (including phenoxy) is 5. The Labute approximate surface area is 561 Å². The molecular formula is C77H126N2O10S2. The number of carbonyl (C=O) groups excluding carboxylic acids is 5. The van der Waals surface area contributed by atoms with Crippen LogP contribution in [0.4, 0.5) is 0 Å². The molecule has 0 bridgehead atoms. The summed E-state index contributed by atoms with van der Waals surface area (Å²) >= 11 is 0. The van der Waals surface area contributed by atoms with Gasteiger partial charge in [0.1, 0.15) is 17.6 Å². The van der Waals surface area contributed by atoms with Crippen LogP contribution >= 0.6 is 21.6 Å². The van der Waals surface area contributed by atoms with Gasteiger partial charge in [-0.3, -0.25) is 24.0 Å². The molecule has 516 valence electrons. The van der Waals surface area contributed by atoms with Crippen LogP contribution in [0, 0.1) is 23.7 Å². The Morgan fingerprint density at radius 1 is 0.418 bits per heavy atom. The summed E-state index contributed by atoms with van der Waals surface area (Å²) in [4.78, 5) is 68.2. The van der Waals surface area contributed by atoms with Gasteiger partial charge in [0.15, 0.2) is 0 Å². The normalized spacial score (nSPS) is 16.8. The van der Waals surface area contributed by atoms with Crippen LogP contribution < -0.4 is 9.47 Å². The molecule has 2 saturated heterocycles. The van der Waals surface area contributed by atoms with E-state index in [4.69, 9.17) is 23.7 Å². The van der Waals surface area contributed by atoms with E-state index in [0.29, 0.717) is 55.8 Å². The highest BCUT2D eigenvalue weighted by Gasteiger charge is 2.35. The van der Waals surface area contributed by atoms with Crippen LogP contribution in [-0.2, 0) is 51.0 Å². The number of hydrogen-bond acceptors (Lipinski definition) is 14. The molecule has 3 unspecified atom stereocenters. The smallest absolute Gasteiger partial charge is 0.311 e. The Kier molecular flexibility index (Phi) is 43.6. The zero-order valence-corrected chi connectivity index (χ0v) is 59.2. The highest BCUT2D eigenvalue weighted by molar-refractivity contribution is 8.76. The molecule has 3 atom stereocenters. The summed E-state index contributed by atoms with van der Waals surface area (Å²) in [6.07, 6.45) is 45.3. The second-order valence-electron chi connectivity index (χ2n) is 27.2. The molecule has 14 heteroatoms. The number of hydrogen-bond donors (Lipinski definition) is 0. The Morgan fingerprint density at radius 2 is 0.769 bits per heavy atom. The van der Waals surface area contributed by atoms with Gasteiger partial charge in [0, 0.05) is 43.9 Å². The molecule has 91 heavy (non-hydrogen) atoms. The quantitative estimate of drug-likeness (QED) is 0.0204. The fraction of sp³-hybridized carbons (Fsp3) is 0.779. The molecule has 0 aromatic heterocycles. The summed E-state index contributed by atoms with van der Waals surface area (Å²) < 4.78 is 28.4. The molecule has 0 N–H and O–H groups in total. The molecule has 2 aromatic rings. The second-order valence-corrected chi connectivity index (χ2v) is 29.9. The number of benzene rings is 2. The van der Waals surface area contributed by atoms with Crippen molar-refractivity contribution < 1.29 is 47.7 Å². The van der Waals surface area contributed by atoms with Gasteiger partial charge in [-0.15, -0.1) is 0 Å². The minimum atomic E-state index is -0.255. The number of unbranched alkanes of at least 4 members (excludes halogenated alkanes) is 21. The van der Waals surface area contributed by atoms with Crippen LogP contribution in [0.25, 0.3) is 0 Å². The van der Waals surface area contributed by atoms with E-state index in [1.807, 2.05) is 45.9 Å². The van der Waals surface area contributed by atoms with Crippen molar-refractivity contribution in [2.75, 3.05) is 64.0 Å². The van der Waals surface area contributed by atoms with Crippen molar-refractivity contribution in [1.82, 2.24) is 9.80 Å². The third-order valence-corrected chi connectivity index (χ3v) is 21.7. The maximum absolute atomic E-state index is 12.7. The average Bonchev–Trinajstić information content (AvgIpc) is 2.36. The summed E-state index contributed by atoms with van der Waals surface area (Å²) in [5.41, 5.74) is 1.70. The molecule has 0 amide bonds. The van der Waals surface area contributed by atoms with Crippen molar-refractivity contribution in [3.63, 3.8) is 0 Å². The van der Waals surface area contributed by atoms with E-state index in [1.54, 1.807) is 24.3 Å². The number of rotatable bonds is 55. The van der Waals surface area contributed by atoms with Gasteiger partial charge in [-0.1, -0.05) is 214 Å². The molecule has 3 aliphatic rings. The van der Waals surface area contributed by atoms with Crippen LogP contribution in [0.3, 0.4) is 0 Å². The van der Waals surface area contributed by atoms with Gasteiger partial charge < -0.3 is 33.5 Å². The van der Waals surface area contributed by atoms with E-state index < -0.39 is 0 Å². The maximum Gasteiger partial charge on any atom is 0.311 e. The van der Waals surface area contributed by atoms with Gasteiger partial charge in [-0.2, -0.15) is 0 Å². The lowest BCUT2D eigenvalue weighted by Gasteiger charge is -2.32. The Hall–Kier alpha value is -3.59. The molecule has 3 fully saturated rings. The topological polar surface area (TPSA) is 138 Å². The predicted molar refractivity (Wildman–Crippen MR) is 377 cm³/mol. The fourth-order valence-electron chi connectivity index (χ4n) is 13.2. The summed E-state index contributed by atoms with van der Waals surface area (Å²) in [6, 6.07) is 14.4. The van der Waals surface area contributed by atoms with Gasteiger partial charge in [0.25, 0.3) is 0 Å². The number of likely N-dealkylation sites (tertiary alicyclic amines) is 2. The minimum Gasteiger partial charge on any atom is -0.465 e. The van der Waals surface area contributed by atoms with Gasteiger partial charge in [-0.25, -0.2) is 0 Å². The number of piperidine rings is 2. The highest BCUT2D eigenvalue weighted by Crippen LogP contribution is 2.46. The Balaban J connectivity index is 0.763. The molecule has 2 heterocycles. The molecule has 5 rings (SSSR count). The molecule has 12 nitrogen and oxygen atoms in total. The van der Waals surface area contributed by atoms with Gasteiger partial charge in [-0.05, 0) is 175 Å². The van der Waals surface area contributed by atoms with Crippen molar-refractivity contribution in [3.8, 4) is 11.5 Å². The van der Waals surface area contributed by atoms with E-state index in [1.165, 1.54) is 128 Å². The highest BCUT2D eigenvalue weighted by atomic mass is 33.1. The molecule has 2 aromatic carbocycles. The minimum absolute atomic E-state index is 0.0564. The number of nitrogens with zero attached hydrogens (tertiary/aromatic N) is 2. The van der Waals surface area contributed by atoms with Crippen LogP contribution in [-0.4, -0.2) is 110 Å². The Bertz CT molecular complexity index is 2200. The maximum atomic E-state index is 12.7. The van der Waals surface area contributed by atoms with Crippen molar-refractivity contribution in [2.24, 2.45) is 23.7 Å². The second kappa shape index (κ2) is 50.8. The van der Waals surface area contributed by atoms with Gasteiger partial charge >= 0.3 is 29.8 Å². The SMILES string of the molecule is CCCCCCCCC(CCCCCC)OC(=O)CCCCCCCC(=O)Oc1ccc(CC(=O)OCCC2CCN(CCSSCCN3CCC(CCOC(=O)Cc4ccc(OC(=O)CCCCCCCC5CC5CCCCCCCC)cc4)CC3)CC2)cc1. The first-order valence-corrected chi connectivity index (χ1v) is 39.9. The number of esters is 5. The lowest BCUT2D eigenvalue weighted by atomic mass is 9.94. The van der Waals surface area contributed by atoms with Gasteiger partial charge in [0.05, 0.1) is 26.1 Å². The van der Waals surface area contributed by atoms with Gasteiger partial charge in [0.2, 0.25) is 0 Å². The third kappa shape index (κ3) is 39.1. The lowest BCUT2D eigenvalue weighted by Crippen LogP contribution is -2.36. The van der Waals surface area contributed by atoms with Crippen LogP contribution in [0.5, 0.6) is 11.5 Å². The summed E-state index contributed by atoms with van der Waals surface area (Å²) in [6.45, 7) is 14.3. The molecule has 1 aliphatic carbocycles. The molecule has 2 aliphatic heterocycles. The molecule has 1 saturated carbocycles. The van der Waals surface area contributed by atoms with Crippen LogP contribution in [0.1, 0.15) is 289 Å². The largest absolute Gasteiger partial charge is 0.465 e. The predicted octanol–water partition coefficient (Wildman–Crippen LogP) is 19.4. The van der Waals surface area contributed by atoms with Crippen molar-refractivity contribution in [2.45, 2.75) is 297 Å². The summed E-state index contributed by atoms with van der Waals surface area (Å²) in [7, 11) is 3.97. The first-order chi connectivity index (χ1) is 44.6. The van der Waals surface area contributed by atoms with E-state index in [2.05, 4.69) is 30.6 Å². The van der Waals surface area contributed by atoms with Crippen LogP contribution in [0.2, 0.25) is 0 Å². The first-order valence-electron chi connectivity index (χ1n) is 37.4. The molecule has 0 radical (unpaired) electrons. The Morgan fingerprint density at radius 3 is 1.18 bits per heavy atom. The standard InChI is InChI=1S/C77H126N2O10S2/c1-4-7-10-13-17-23-30-68-63-69(68)31-24-18-15-20-27-35-74(81)88-71-41-37-66(38-42-71)61-76(83)85-57-49-64-45-51-78(52-46-64)55-59-90-91-60-56-79-53-47-65(48-54-79)50-58-86-77(84)62-67-39-43-72(44-40-67)89-75(82)36-29-22-16-21-28-34-73(80)87-70(32-25-12-9-6-3)33-26-19-14-11-8-5-2/h37-44,64-65,68-70H,4-36,45-63H2,1-3H3. The zero-order chi connectivity index (χ0) is 64.6. The summed E-state index contributed by atoms with van der Waals surface area (Å²) in [5.74, 6) is 5.51. The van der Waals surface area contributed by atoms with E-state index in [9.17, 15) is 24.0 Å². The van der Waals surface area contributed by atoms with Crippen molar-refractivity contribution in [1.29, 1.82) is 0 Å². The third-order valence-electron chi connectivity index (χ3n) is 19.3. The van der Waals surface area contributed by atoms with Crippen molar-refractivity contribution in [3.05, 3.63) is 59.7 Å². The molecule has 0 spiro atoms. The molecular weight excluding hydrogens is 1180 g/mol. The summed E-state index contributed by atoms with van der Waals surface area (Å²) in [5, 5.41) is 0. The average molecular weight is 1300 g/mol. The lowest BCUT2D eigenvalue weighted by molar-refractivity contribution is -0.150. The van der Waals surface area contributed by atoms with Crippen molar-refractivity contribution >= 4 is 51.4 Å². The fourth-order valence-corrected chi connectivity index (χ4v) is 15.3. The van der Waals surface area contributed by atoms with E-state index in [0.717, 1.165) is 183 Å². The number of carbonyl (C=O) groups is 5. The van der Waals surface area contributed by atoms with E-state index >= 15 is 0 Å². The van der Waals surface area contributed by atoms with E-state index in [-0.39, 0.29) is 48.8 Å². The zero-order valence-electron chi connectivity index (χ0n) is 57.6. The first kappa shape index (κ1) is 78.1. The van der Waals surface area contributed by atoms with Crippen LogP contribution in [0.15, 0.2) is 48.5 Å².